The van der Waals surface area contributed by atoms with Gasteiger partial charge in [0.25, 0.3) is 0 Å². The molecule has 3 aromatic carbocycles. The molecule has 0 saturated heterocycles. The average Bonchev–Trinajstić information content (AvgIpc) is 3.05. The van der Waals surface area contributed by atoms with Gasteiger partial charge in [-0.25, -0.2) is 14.4 Å². The van der Waals surface area contributed by atoms with E-state index in [-0.39, 0.29) is 12.6 Å². The Morgan fingerprint density at radius 2 is 1.93 bits per heavy atom. The molecule has 5 nitrogen and oxygen atoms in total. The van der Waals surface area contributed by atoms with Crippen LogP contribution in [0.1, 0.15) is 11.1 Å². The van der Waals surface area contributed by atoms with Crippen molar-refractivity contribution in [2.75, 3.05) is 6.79 Å². The van der Waals surface area contributed by atoms with Crippen LogP contribution in [-0.2, 0) is 17.9 Å². The first kappa shape index (κ1) is 17.6. The molecule has 1 aliphatic rings. The van der Waals surface area contributed by atoms with Crippen molar-refractivity contribution in [1.29, 1.82) is 0 Å². The standard InChI is InChI=1S/C23H15ClFN3O2/c24-15-7-13(22-14(8-15)11-29-12-30-22)10-28-20-4-2-1-3-17(20)21-23(28)27-18-6-5-16(25)9-19(18)26-21/h1-9H,10-12H2. The summed E-state index contributed by atoms with van der Waals surface area (Å²) in [5.74, 6) is 0.470. The molecule has 0 saturated carbocycles. The topological polar surface area (TPSA) is 49.2 Å². The smallest absolute Gasteiger partial charge is 0.189 e. The number of hydrogen-bond donors (Lipinski definition) is 0. The van der Waals surface area contributed by atoms with E-state index in [4.69, 9.17) is 31.0 Å². The Bertz CT molecular complexity index is 1460. The minimum Gasteiger partial charge on any atom is -0.467 e. The average molecular weight is 420 g/mol. The zero-order valence-corrected chi connectivity index (χ0v) is 16.5. The zero-order chi connectivity index (χ0) is 20.2. The number of halogens is 2. The van der Waals surface area contributed by atoms with Crippen molar-refractivity contribution in [2.24, 2.45) is 0 Å². The Morgan fingerprint density at radius 3 is 2.87 bits per heavy atom. The molecule has 5 aromatic rings. The molecule has 0 fully saturated rings. The first-order valence-electron chi connectivity index (χ1n) is 9.53. The predicted octanol–water partition coefficient (Wildman–Crippen LogP) is 5.45. The molecule has 0 unspecified atom stereocenters. The molecule has 0 atom stereocenters. The summed E-state index contributed by atoms with van der Waals surface area (Å²) in [7, 11) is 0. The lowest BCUT2D eigenvalue weighted by molar-refractivity contribution is -0.0170. The van der Waals surface area contributed by atoms with Crippen molar-refractivity contribution < 1.29 is 13.9 Å². The highest BCUT2D eigenvalue weighted by atomic mass is 35.5. The molecule has 148 valence electrons. The van der Waals surface area contributed by atoms with E-state index < -0.39 is 0 Å². The van der Waals surface area contributed by atoms with Crippen LogP contribution < -0.4 is 4.74 Å². The van der Waals surface area contributed by atoms with Gasteiger partial charge in [0.15, 0.2) is 12.4 Å². The van der Waals surface area contributed by atoms with Crippen molar-refractivity contribution in [1.82, 2.24) is 14.5 Å². The molecule has 0 radical (unpaired) electrons. The normalized spacial score (nSPS) is 13.7. The van der Waals surface area contributed by atoms with E-state index in [2.05, 4.69) is 4.57 Å². The molecular formula is C23H15ClFN3O2. The third-order valence-corrected chi connectivity index (χ3v) is 5.61. The number of nitrogens with zero attached hydrogens (tertiary/aromatic N) is 3. The molecule has 0 bridgehead atoms. The minimum absolute atomic E-state index is 0.213. The summed E-state index contributed by atoms with van der Waals surface area (Å²) >= 11 is 6.37. The lowest BCUT2D eigenvalue weighted by atomic mass is 10.1. The van der Waals surface area contributed by atoms with E-state index in [0.29, 0.717) is 29.2 Å². The Hall–Kier alpha value is -3.22. The second-order valence-corrected chi connectivity index (χ2v) is 7.73. The molecule has 7 heteroatoms. The maximum atomic E-state index is 13.7. The van der Waals surface area contributed by atoms with Gasteiger partial charge in [0.2, 0.25) is 0 Å². The van der Waals surface area contributed by atoms with E-state index in [1.165, 1.54) is 12.1 Å². The summed E-state index contributed by atoms with van der Waals surface area (Å²) in [5.41, 5.74) is 5.52. The maximum Gasteiger partial charge on any atom is 0.189 e. The number of hydrogen-bond acceptors (Lipinski definition) is 4. The van der Waals surface area contributed by atoms with Gasteiger partial charge in [-0.2, -0.15) is 0 Å². The fraction of sp³-hybridized carbons (Fsp3) is 0.130. The first-order valence-corrected chi connectivity index (χ1v) is 9.91. The minimum atomic E-state index is -0.329. The molecule has 0 spiro atoms. The van der Waals surface area contributed by atoms with Crippen molar-refractivity contribution in [3.8, 4) is 5.75 Å². The SMILES string of the molecule is Fc1ccc2nc3c(nc2c1)c1ccccc1n3Cc1cc(Cl)cc2c1OCOC2. The van der Waals surface area contributed by atoms with Gasteiger partial charge in [-0.3, -0.25) is 0 Å². The van der Waals surface area contributed by atoms with E-state index in [9.17, 15) is 4.39 Å². The molecule has 2 aromatic heterocycles. The van der Waals surface area contributed by atoms with Crippen LogP contribution in [0.2, 0.25) is 5.02 Å². The molecule has 6 rings (SSSR count). The van der Waals surface area contributed by atoms with Gasteiger partial charge >= 0.3 is 0 Å². The summed E-state index contributed by atoms with van der Waals surface area (Å²) in [6.45, 7) is 1.19. The van der Waals surface area contributed by atoms with Gasteiger partial charge in [-0.15, -0.1) is 0 Å². The third-order valence-electron chi connectivity index (χ3n) is 5.39. The molecule has 3 heterocycles. The van der Waals surface area contributed by atoms with Crippen molar-refractivity contribution >= 4 is 44.7 Å². The van der Waals surface area contributed by atoms with Gasteiger partial charge in [-0.05, 0) is 30.3 Å². The number of aromatic nitrogens is 3. The number of para-hydroxylation sites is 1. The van der Waals surface area contributed by atoms with Crippen LogP contribution in [-0.4, -0.2) is 21.3 Å². The van der Waals surface area contributed by atoms with Gasteiger partial charge < -0.3 is 14.0 Å². The Labute approximate surface area is 175 Å². The van der Waals surface area contributed by atoms with E-state index in [1.807, 2.05) is 36.4 Å². The maximum absolute atomic E-state index is 13.7. The lowest BCUT2D eigenvalue weighted by Gasteiger charge is -2.21. The first-order chi connectivity index (χ1) is 14.7. The predicted molar refractivity (Wildman–Crippen MR) is 113 cm³/mol. The molecule has 0 N–H and O–H groups in total. The number of rotatable bonds is 2. The van der Waals surface area contributed by atoms with Gasteiger partial charge in [0.1, 0.15) is 17.1 Å². The quantitative estimate of drug-likeness (QED) is 0.382. The zero-order valence-electron chi connectivity index (χ0n) is 15.7. The second kappa shape index (κ2) is 6.65. The Morgan fingerprint density at radius 1 is 1.03 bits per heavy atom. The molecule has 30 heavy (non-hydrogen) atoms. The van der Waals surface area contributed by atoms with Gasteiger partial charge in [0, 0.05) is 27.6 Å². The highest BCUT2D eigenvalue weighted by molar-refractivity contribution is 6.30. The van der Waals surface area contributed by atoms with Crippen molar-refractivity contribution in [3.05, 3.63) is 76.6 Å². The summed E-state index contributed by atoms with van der Waals surface area (Å²) in [4.78, 5) is 9.56. The van der Waals surface area contributed by atoms with Gasteiger partial charge in [-0.1, -0.05) is 29.8 Å². The van der Waals surface area contributed by atoms with Crippen LogP contribution in [0.25, 0.3) is 33.1 Å². The third kappa shape index (κ3) is 2.72. The fourth-order valence-corrected chi connectivity index (χ4v) is 4.38. The van der Waals surface area contributed by atoms with Crippen LogP contribution in [0.4, 0.5) is 4.39 Å². The van der Waals surface area contributed by atoms with Crippen LogP contribution in [0.5, 0.6) is 5.75 Å². The summed E-state index contributed by atoms with van der Waals surface area (Å²) in [6.07, 6.45) is 0. The summed E-state index contributed by atoms with van der Waals surface area (Å²) < 4.78 is 27.0. The van der Waals surface area contributed by atoms with Crippen molar-refractivity contribution in [3.63, 3.8) is 0 Å². The Kier molecular flexibility index (Phi) is 3.91. The molecule has 0 amide bonds. The molecule has 0 aliphatic carbocycles. The van der Waals surface area contributed by atoms with Crippen LogP contribution in [0.15, 0.2) is 54.6 Å². The van der Waals surface area contributed by atoms with E-state index in [0.717, 1.165) is 38.9 Å². The van der Waals surface area contributed by atoms with Crippen molar-refractivity contribution in [2.45, 2.75) is 13.2 Å². The highest BCUT2D eigenvalue weighted by Crippen LogP contribution is 2.35. The summed E-state index contributed by atoms with van der Waals surface area (Å²) in [5, 5.41) is 1.59. The van der Waals surface area contributed by atoms with Gasteiger partial charge in [0.05, 0.1) is 29.7 Å². The largest absolute Gasteiger partial charge is 0.467 e. The van der Waals surface area contributed by atoms with Crippen LogP contribution in [0, 0.1) is 5.82 Å². The molecular weight excluding hydrogens is 405 g/mol. The lowest BCUT2D eigenvalue weighted by Crippen LogP contribution is -2.14. The number of fused-ring (bicyclic) bond motifs is 5. The molecule has 1 aliphatic heterocycles. The number of benzene rings is 3. The fourth-order valence-electron chi connectivity index (χ4n) is 4.11. The van der Waals surface area contributed by atoms with E-state index in [1.54, 1.807) is 6.07 Å². The number of ether oxygens (including phenoxy) is 2. The van der Waals surface area contributed by atoms with Crippen LogP contribution >= 0.6 is 11.6 Å². The van der Waals surface area contributed by atoms with Crippen LogP contribution in [0.3, 0.4) is 0 Å². The Balaban J connectivity index is 1.63. The summed E-state index contributed by atoms with van der Waals surface area (Å²) in [6, 6.07) is 16.2. The monoisotopic (exact) mass is 419 g/mol. The van der Waals surface area contributed by atoms with E-state index >= 15 is 0 Å². The highest BCUT2D eigenvalue weighted by Gasteiger charge is 2.20. The second-order valence-electron chi connectivity index (χ2n) is 7.30.